The monoisotopic (exact) mass is 125 g/mol. The zero-order chi connectivity index (χ0) is 6.27. The fourth-order valence-corrected chi connectivity index (χ4v) is 1.76. The van der Waals surface area contributed by atoms with Crippen LogP contribution in [0.5, 0.6) is 0 Å². The van der Waals surface area contributed by atoms with Crippen molar-refractivity contribution in [2.75, 3.05) is 13.1 Å². The highest BCUT2D eigenvalue weighted by atomic mass is 16.3. The normalized spacial score (nSPS) is 40.7. The van der Waals surface area contributed by atoms with E-state index in [4.69, 9.17) is 5.11 Å². The van der Waals surface area contributed by atoms with E-state index in [9.17, 15) is 0 Å². The van der Waals surface area contributed by atoms with E-state index in [-0.39, 0.29) is 0 Å². The van der Waals surface area contributed by atoms with E-state index in [1.54, 1.807) is 0 Å². The molecule has 2 nitrogen and oxygen atoms in total. The molecule has 2 N–H and O–H groups in total. The quantitative estimate of drug-likeness (QED) is 0.498. The van der Waals surface area contributed by atoms with E-state index >= 15 is 0 Å². The third-order valence-corrected chi connectivity index (χ3v) is 2.27. The Morgan fingerprint density at radius 2 is 2.44 bits per heavy atom. The lowest BCUT2D eigenvalue weighted by Gasteiger charge is -2.02. The molecular formula is C7H11NO. The Labute approximate surface area is 54.6 Å². The van der Waals surface area contributed by atoms with Gasteiger partial charge in [-0.1, -0.05) is 0 Å². The van der Waals surface area contributed by atoms with Gasteiger partial charge in [0, 0.05) is 13.0 Å². The average Bonchev–Trinajstić information content (AvgIpc) is 2.22. The zero-order valence-electron chi connectivity index (χ0n) is 5.30. The van der Waals surface area contributed by atoms with Crippen LogP contribution in [0.2, 0.25) is 0 Å². The summed E-state index contributed by atoms with van der Waals surface area (Å²) < 4.78 is 0. The second-order valence-corrected chi connectivity index (χ2v) is 2.94. The van der Waals surface area contributed by atoms with Gasteiger partial charge in [-0.2, -0.15) is 0 Å². The predicted molar refractivity (Wildman–Crippen MR) is 35.2 cm³/mol. The molecule has 2 rings (SSSR count). The van der Waals surface area contributed by atoms with Crippen molar-refractivity contribution in [1.82, 2.24) is 5.32 Å². The van der Waals surface area contributed by atoms with Crippen molar-refractivity contribution >= 4 is 0 Å². The Morgan fingerprint density at radius 3 is 3.22 bits per heavy atom. The summed E-state index contributed by atoms with van der Waals surface area (Å²) >= 11 is 0. The van der Waals surface area contributed by atoms with Crippen LogP contribution in [0, 0.1) is 11.8 Å². The second-order valence-electron chi connectivity index (χ2n) is 2.94. The molecule has 2 heteroatoms. The number of hydrogen-bond donors (Lipinski definition) is 2. The van der Waals surface area contributed by atoms with E-state index in [0.717, 1.165) is 19.5 Å². The van der Waals surface area contributed by atoms with Crippen LogP contribution in [0.1, 0.15) is 6.42 Å². The smallest absolute Gasteiger partial charge is 0.0889 e. The van der Waals surface area contributed by atoms with Crippen molar-refractivity contribution < 1.29 is 5.11 Å². The van der Waals surface area contributed by atoms with Gasteiger partial charge in [-0.3, -0.25) is 0 Å². The minimum Gasteiger partial charge on any atom is -0.513 e. The lowest BCUT2D eigenvalue weighted by atomic mass is 10.0. The van der Waals surface area contributed by atoms with Crippen LogP contribution < -0.4 is 5.32 Å². The topological polar surface area (TPSA) is 32.3 Å². The number of fused-ring (bicyclic) bond motifs is 1. The summed E-state index contributed by atoms with van der Waals surface area (Å²) in [5.41, 5.74) is 0. The van der Waals surface area contributed by atoms with Gasteiger partial charge in [0.2, 0.25) is 0 Å². The summed E-state index contributed by atoms with van der Waals surface area (Å²) in [4.78, 5) is 0. The SMILES string of the molecule is OC1=CC2CNCC2C1. The first-order chi connectivity index (χ1) is 4.36. The fourth-order valence-electron chi connectivity index (χ4n) is 1.76. The third kappa shape index (κ3) is 0.741. The van der Waals surface area contributed by atoms with E-state index < -0.39 is 0 Å². The number of aliphatic hydroxyl groups is 1. The molecule has 0 radical (unpaired) electrons. The molecule has 2 aliphatic rings. The highest BCUT2D eigenvalue weighted by molar-refractivity contribution is 5.10. The summed E-state index contributed by atoms with van der Waals surface area (Å²) in [7, 11) is 0. The van der Waals surface area contributed by atoms with E-state index in [1.807, 2.05) is 6.08 Å². The van der Waals surface area contributed by atoms with Gasteiger partial charge >= 0.3 is 0 Å². The highest BCUT2D eigenvalue weighted by Crippen LogP contribution is 2.31. The molecular weight excluding hydrogens is 114 g/mol. The predicted octanol–water partition coefficient (Wildman–Crippen LogP) is 0.668. The average molecular weight is 125 g/mol. The minimum atomic E-state index is 0.603. The summed E-state index contributed by atoms with van der Waals surface area (Å²) in [6.07, 6.45) is 2.89. The third-order valence-electron chi connectivity index (χ3n) is 2.27. The van der Waals surface area contributed by atoms with Gasteiger partial charge in [0.1, 0.15) is 0 Å². The summed E-state index contributed by atoms with van der Waals surface area (Å²) in [5, 5.41) is 12.4. The Hall–Kier alpha value is -0.500. The molecule has 0 amide bonds. The van der Waals surface area contributed by atoms with Crippen molar-refractivity contribution in [1.29, 1.82) is 0 Å². The Balaban J connectivity index is 2.13. The molecule has 50 valence electrons. The second kappa shape index (κ2) is 1.74. The Kier molecular flexibility index (Phi) is 1.02. The van der Waals surface area contributed by atoms with Crippen molar-refractivity contribution in [3.63, 3.8) is 0 Å². The van der Waals surface area contributed by atoms with E-state index in [2.05, 4.69) is 5.32 Å². The molecule has 0 saturated carbocycles. The van der Waals surface area contributed by atoms with Gasteiger partial charge < -0.3 is 10.4 Å². The first kappa shape index (κ1) is 5.30. The number of rotatable bonds is 0. The maximum atomic E-state index is 9.07. The maximum Gasteiger partial charge on any atom is 0.0889 e. The molecule has 0 spiro atoms. The van der Waals surface area contributed by atoms with Crippen LogP contribution in [-0.2, 0) is 0 Å². The lowest BCUT2D eigenvalue weighted by molar-refractivity contribution is 0.375. The van der Waals surface area contributed by atoms with Gasteiger partial charge in [-0.25, -0.2) is 0 Å². The van der Waals surface area contributed by atoms with Gasteiger partial charge in [0.15, 0.2) is 0 Å². The molecule has 0 aromatic heterocycles. The lowest BCUT2D eigenvalue weighted by Crippen LogP contribution is -2.09. The van der Waals surface area contributed by atoms with Gasteiger partial charge in [-0.05, 0) is 24.5 Å². The van der Waals surface area contributed by atoms with E-state index in [0.29, 0.717) is 17.6 Å². The molecule has 2 unspecified atom stereocenters. The van der Waals surface area contributed by atoms with Crippen LogP contribution in [-0.4, -0.2) is 18.2 Å². The molecule has 1 heterocycles. The molecule has 2 atom stereocenters. The van der Waals surface area contributed by atoms with Crippen molar-refractivity contribution in [2.24, 2.45) is 11.8 Å². The van der Waals surface area contributed by atoms with Gasteiger partial charge in [0.25, 0.3) is 0 Å². The summed E-state index contributed by atoms with van der Waals surface area (Å²) in [5.74, 6) is 1.93. The highest BCUT2D eigenvalue weighted by Gasteiger charge is 2.31. The minimum absolute atomic E-state index is 0.603. The number of allylic oxidation sites excluding steroid dienone is 1. The van der Waals surface area contributed by atoms with Gasteiger partial charge in [-0.15, -0.1) is 0 Å². The molecule has 1 aliphatic heterocycles. The molecule has 1 aliphatic carbocycles. The van der Waals surface area contributed by atoms with Crippen molar-refractivity contribution in [3.8, 4) is 0 Å². The first-order valence-corrected chi connectivity index (χ1v) is 3.46. The van der Waals surface area contributed by atoms with Gasteiger partial charge in [0.05, 0.1) is 5.76 Å². The number of aliphatic hydroxyl groups excluding tert-OH is 1. The van der Waals surface area contributed by atoms with Crippen LogP contribution in [0.4, 0.5) is 0 Å². The Morgan fingerprint density at radius 1 is 1.56 bits per heavy atom. The maximum absolute atomic E-state index is 9.07. The fraction of sp³-hybridized carbons (Fsp3) is 0.714. The van der Waals surface area contributed by atoms with Crippen LogP contribution in [0.3, 0.4) is 0 Å². The molecule has 1 saturated heterocycles. The van der Waals surface area contributed by atoms with Crippen LogP contribution >= 0.6 is 0 Å². The largest absolute Gasteiger partial charge is 0.513 e. The molecule has 0 bridgehead atoms. The number of nitrogens with one attached hydrogen (secondary N) is 1. The van der Waals surface area contributed by atoms with Crippen LogP contribution in [0.15, 0.2) is 11.8 Å². The summed E-state index contributed by atoms with van der Waals surface area (Å²) in [6.45, 7) is 2.15. The zero-order valence-corrected chi connectivity index (χ0v) is 5.30. The van der Waals surface area contributed by atoms with E-state index in [1.165, 1.54) is 0 Å². The van der Waals surface area contributed by atoms with Crippen molar-refractivity contribution in [2.45, 2.75) is 6.42 Å². The van der Waals surface area contributed by atoms with Crippen LogP contribution in [0.25, 0.3) is 0 Å². The first-order valence-electron chi connectivity index (χ1n) is 3.46. The van der Waals surface area contributed by atoms with Crippen molar-refractivity contribution in [3.05, 3.63) is 11.8 Å². The molecule has 1 fully saturated rings. The molecule has 0 aromatic rings. The molecule has 0 aromatic carbocycles. The number of hydrogen-bond acceptors (Lipinski definition) is 2. The summed E-state index contributed by atoms with van der Waals surface area (Å²) in [6, 6.07) is 0. The Bertz CT molecular complexity index is 153. The molecule has 9 heavy (non-hydrogen) atoms. The standard InChI is InChI=1S/C7H11NO/c9-7-1-5-3-8-4-6(5)2-7/h1,5-6,8-9H,2-4H2.